The van der Waals surface area contributed by atoms with Crippen LogP contribution in [0.1, 0.15) is 20.3 Å². The lowest BCUT2D eigenvalue weighted by molar-refractivity contribution is 0.103. The molecule has 0 saturated carbocycles. The summed E-state index contributed by atoms with van der Waals surface area (Å²) in [5, 5.41) is 0. The molecule has 21 heavy (non-hydrogen) atoms. The summed E-state index contributed by atoms with van der Waals surface area (Å²) in [4.78, 5) is 22.9. The van der Waals surface area contributed by atoms with Gasteiger partial charge in [0.05, 0.1) is 5.56 Å². The number of carbonyl (C=O) groups is 1. The molecule has 2 aromatic rings. The highest BCUT2D eigenvalue weighted by Gasteiger charge is 2.27. The Hall–Kier alpha value is -2.47. The van der Waals surface area contributed by atoms with Crippen LogP contribution in [0.25, 0.3) is 0 Å². The molecule has 2 aromatic heterocycles. The first-order valence-electron chi connectivity index (χ1n) is 6.86. The molecule has 0 amide bonds. The maximum Gasteiger partial charge on any atom is 0.215 e. The van der Waals surface area contributed by atoms with Crippen LogP contribution in [0.5, 0.6) is 0 Å². The summed E-state index contributed by atoms with van der Waals surface area (Å²) in [5.74, 6) is 1.33. The number of nitrogens with zero attached hydrogens (tertiary/aromatic N) is 3. The van der Waals surface area contributed by atoms with Gasteiger partial charge in [0.25, 0.3) is 0 Å². The Labute approximate surface area is 127 Å². The van der Waals surface area contributed by atoms with E-state index in [1.807, 2.05) is 12.1 Å². The zero-order valence-corrected chi connectivity index (χ0v) is 11.6. The minimum atomic E-state index is -0.210. The second-order valence-corrected chi connectivity index (χ2v) is 5.15. The van der Waals surface area contributed by atoms with E-state index in [-0.39, 0.29) is 15.9 Å². The number of ketones is 1. The molecule has 4 N–H and O–H groups in total. The number of nitrogens with two attached hydrogens (primary N) is 2. The first-order chi connectivity index (χ1) is 10.2. The topological polar surface area (TPSA) is 98.1 Å². The average Bonchev–Trinajstić information content (AvgIpc) is 2.46. The average molecular weight is 289 g/mol. The lowest BCUT2D eigenvalue weighted by Gasteiger charge is -2.39. The molecule has 0 atom stereocenters. The van der Waals surface area contributed by atoms with Crippen molar-refractivity contribution < 1.29 is 9.07 Å². The van der Waals surface area contributed by atoms with Crippen LogP contribution in [0.3, 0.4) is 0 Å². The second kappa shape index (κ2) is 5.49. The molecule has 0 bridgehead atoms. The van der Waals surface area contributed by atoms with E-state index in [0.29, 0.717) is 23.7 Å². The van der Waals surface area contributed by atoms with E-state index in [4.69, 9.17) is 11.5 Å². The number of rotatable bonds is 4. The molecular formula is C15H23N5O. The van der Waals surface area contributed by atoms with Crippen LogP contribution < -0.4 is 16.4 Å². The lowest BCUT2D eigenvalue weighted by atomic mass is 10.0. The van der Waals surface area contributed by atoms with Crippen LogP contribution in [0, 0.1) is 5.92 Å². The maximum absolute atomic E-state index is 12.4. The molecule has 114 valence electrons. The second-order valence-electron chi connectivity index (χ2n) is 5.15. The van der Waals surface area contributed by atoms with Crippen molar-refractivity contribution in [2.75, 3.05) is 30.3 Å². The van der Waals surface area contributed by atoms with Gasteiger partial charge in [-0.1, -0.05) is 6.07 Å². The van der Waals surface area contributed by atoms with Crippen LogP contribution in [0.15, 0.2) is 36.5 Å². The molecule has 0 aliphatic carbocycles. The molecule has 1 saturated heterocycles. The fraction of sp³-hybridized carbons (Fsp3) is 0.267. The van der Waals surface area contributed by atoms with E-state index < -0.39 is 0 Å². The molecule has 1 aliphatic heterocycles. The van der Waals surface area contributed by atoms with E-state index in [1.165, 1.54) is 0 Å². The third-order valence-corrected chi connectivity index (χ3v) is 3.66. The molecule has 0 aromatic carbocycles. The Balaban J connectivity index is 0.00000176. The molecule has 0 unspecified atom stereocenters. The van der Waals surface area contributed by atoms with Gasteiger partial charge >= 0.3 is 0 Å². The van der Waals surface area contributed by atoms with Crippen molar-refractivity contribution in [3.8, 4) is 0 Å². The first-order valence-corrected chi connectivity index (χ1v) is 6.86. The number of nitrogen functional groups attached to an aromatic ring is 1. The molecule has 3 rings (SSSR count). The van der Waals surface area contributed by atoms with E-state index in [1.54, 1.807) is 24.4 Å². The first kappa shape index (κ1) is 13.5. The summed E-state index contributed by atoms with van der Waals surface area (Å²) in [5.41, 5.74) is 12.1. The van der Waals surface area contributed by atoms with Crippen molar-refractivity contribution in [2.24, 2.45) is 11.7 Å². The van der Waals surface area contributed by atoms with Crippen molar-refractivity contribution in [1.82, 2.24) is 9.97 Å². The highest BCUT2D eigenvalue weighted by molar-refractivity contribution is 6.10. The minimum absolute atomic E-state index is 0. The van der Waals surface area contributed by atoms with Crippen LogP contribution >= 0.6 is 0 Å². The van der Waals surface area contributed by atoms with Gasteiger partial charge in [0.1, 0.15) is 17.3 Å². The van der Waals surface area contributed by atoms with E-state index in [9.17, 15) is 4.79 Å². The molecular weight excluding hydrogens is 266 g/mol. The van der Waals surface area contributed by atoms with Crippen LogP contribution in [-0.4, -0.2) is 35.4 Å². The normalized spacial score (nSPS) is 14.8. The summed E-state index contributed by atoms with van der Waals surface area (Å²) >= 11 is 0. The third kappa shape index (κ3) is 2.57. The van der Waals surface area contributed by atoms with Gasteiger partial charge in [0, 0.05) is 29.5 Å². The Kier molecular flexibility index (Phi) is 3.53. The smallest absolute Gasteiger partial charge is 0.215 e. The fourth-order valence-electron chi connectivity index (χ4n) is 2.38. The number of hydrogen-bond acceptors (Lipinski definition) is 6. The summed E-state index contributed by atoms with van der Waals surface area (Å²) in [6.07, 6.45) is 1.56. The van der Waals surface area contributed by atoms with E-state index >= 15 is 0 Å². The fourth-order valence-corrected chi connectivity index (χ4v) is 2.38. The van der Waals surface area contributed by atoms with Gasteiger partial charge in [0.2, 0.25) is 5.78 Å². The Bertz CT molecular complexity index is 680. The molecule has 6 heteroatoms. The van der Waals surface area contributed by atoms with E-state index in [0.717, 1.165) is 18.9 Å². The monoisotopic (exact) mass is 289 g/mol. The van der Waals surface area contributed by atoms with Crippen molar-refractivity contribution in [1.29, 1.82) is 0 Å². The molecule has 1 fully saturated rings. The number of pyridine rings is 2. The lowest BCUT2D eigenvalue weighted by Crippen LogP contribution is -2.50. The molecule has 0 radical (unpaired) electrons. The van der Waals surface area contributed by atoms with Crippen molar-refractivity contribution in [2.45, 2.75) is 0 Å². The maximum atomic E-state index is 12.4. The quantitative estimate of drug-likeness (QED) is 0.826. The summed E-state index contributed by atoms with van der Waals surface area (Å²) in [6, 6.07) is 8.77. The van der Waals surface area contributed by atoms with Crippen molar-refractivity contribution >= 4 is 17.4 Å². The SMILES string of the molecule is NCC1CN(c2cccc(C(=O)c3cccnc3N)n2)C1.[HH].[HH].[HH]. The van der Waals surface area contributed by atoms with Crippen molar-refractivity contribution in [3.63, 3.8) is 0 Å². The summed E-state index contributed by atoms with van der Waals surface area (Å²) in [6.45, 7) is 2.45. The Morgan fingerprint density at radius 3 is 2.86 bits per heavy atom. The Morgan fingerprint density at radius 2 is 2.14 bits per heavy atom. The molecule has 6 nitrogen and oxygen atoms in total. The van der Waals surface area contributed by atoms with Gasteiger partial charge in [-0.15, -0.1) is 0 Å². The highest BCUT2D eigenvalue weighted by Crippen LogP contribution is 2.23. The minimum Gasteiger partial charge on any atom is -0.383 e. The predicted octanol–water partition coefficient (Wildman–Crippen LogP) is 1.42. The van der Waals surface area contributed by atoms with Gasteiger partial charge in [-0.25, -0.2) is 9.97 Å². The van der Waals surface area contributed by atoms with Gasteiger partial charge in [-0.2, -0.15) is 0 Å². The van der Waals surface area contributed by atoms with Gasteiger partial charge in [-0.05, 0) is 30.8 Å². The number of hydrogen-bond donors (Lipinski definition) is 2. The molecule has 3 heterocycles. The Morgan fingerprint density at radius 1 is 1.33 bits per heavy atom. The zero-order valence-electron chi connectivity index (χ0n) is 11.6. The van der Waals surface area contributed by atoms with Gasteiger partial charge in [0.15, 0.2) is 0 Å². The van der Waals surface area contributed by atoms with Crippen LogP contribution in [0.2, 0.25) is 0 Å². The number of aromatic nitrogens is 2. The number of carbonyl (C=O) groups excluding carboxylic acids is 1. The molecule has 1 aliphatic rings. The molecule has 0 spiro atoms. The predicted molar refractivity (Wildman–Crippen MR) is 87.4 cm³/mol. The van der Waals surface area contributed by atoms with Gasteiger partial charge in [-0.3, -0.25) is 4.79 Å². The zero-order chi connectivity index (χ0) is 14.8. The van der Waals surface area contributed by atoms with Gasteiger partial charge < -0.3 is 16.4 Å². The standard InChI is InChI=1S/C15H17N5O.3H2/c16-7-10-8-20(9-10)13-5-1-4-12(19-13)14(21)11-3-2-6-18-15(11)17;;;/h1-6,10H,7-9,16H2,(H2,17,18);3*1H. The number of anilines is 2. The third-order valence-electron chi connectivity index (χ3n) is 3.66. The largest absolute Gasteiger partial charge is 0.383 e. The van der Waals surface area contributed by atoms with Crippen molar-refractivity contribution in [3.05, 3.63) is 47.8 Å². The van der Waals surface area contributed by atoms with E-state index in [2.05, 4.69) is 14.9 Å². The highest BCUT2D eigenvalue weighted by atomic mass is 16.1. The van der Waals surface area contributed by atoms with Crippen LogP contribution in [-0.2, 0) is 0 Å². The summed E-state index contributed by atoms with van der Waals surface area (Å²) in [7, 11) is 0. The summed E-state index contributed by atoms with van der Waals surface area (Å²) < 4.78 is 0. The van der Waals surface area contributed by atoms with Crippen LogP contribution in [0.4, 0.5) is 11.6 Å².